The number of hydrogen-bond donors (Lipinski definition) is 1. The normalized spacial score (nSPS) is 15.6. The van der Waals surface area contributed by atoms with E-state index in [2.05, 4.69) is 6.58 Å². The van der Waals surface area contributed by atoms with E-state index >= 15 is 0 Å². The Labute approximate surface area is 57.2 Å². The van der Waals surface area contributed by atoms with Crippen molar-refractivity contribution in [1.82, 2.24) is 0 Å². The van der Waals surface area contributed by atoms with E-state index in [0.29, 0.717) is 4.86 Å². The third-order valence-corrected chi connectivity index (χ3v) is 1.53. The molecule has 0 atom stereocenters. The summed E-state index contributed by atoms with van der Waals surface area (Å²) in [6, 6.07) is 0. The molecule has 0 rings (SSSR count). The van der Waals surface area contributed by atoms with Gasteiger partial charge < -0.3 is 9.35 Å². The van der Waals surface area contributed by atoms with Gasteiger partial charge in [0.1, 0.15) is 0 Å². The van der Waals surface area contributed by atoms with E-state index in [0.717, 1.165) is 0 Å². The van der Waals surface area contributed by atoms with Crippen LogP contribution in [0, 0.1) is 0 Å². The van der Waals surface area contributed by atoms with Gasteiger partial charge in [0, 0.05) is 0 Å². The van der Waals surface area contributed by atoms with E-state index in [4.69, 9.17) is 5.14 Å². The summed E-state index contributed by atoms with van der Waals surface area (Å²) in [7, 11) is -1.39. The zero-order valence-electron chi connectivity index (χ0n) is 5.33. The molecule has 0 aliphatic heterocycles. The van der Waals surface area contributed by atoms with Crippen LogP contribution in [0.4, 0.5) is 0 Å². The summed E-state index contributed by atoms with van der Waals surface area (Å²) in [6.45, 7) is 5.27. The minimum absolute atomic E-state index is 0.553. The smallest absolute Gasteiger partial charge is 0.0467 e. The molecular formula is C6H10NOS-. The summed E-state index contributed by atoms with van der Waals surface area (Å²) < 4.78 is 10.5. The first kappa shape index (κ1) is 8.46. The van der Waals surface area contributed by atoms with Gasteiger partial charge in [0.15, 0.2) is 0 Å². The molecule has 0 aliphatic rings. The van der Waals surface area contributed by atoms with Crippen LogP contribution in [-0.4, -0.2) is 4.86 Å². The van der Waals surface area contributed by atoms with Crippen molar-refractivity contribution in [2.45, 2.75) is 6.92 Å². The van der Waals surface area contributed by atoms with Crippen molar-refractivity contribution in [1.29, 1.82) is 0 Å². The Morgan fingerprint density at radius 1 is 1.78 bits per heavy atom. The van der Waals surface area contributed by atoms with E-state index in [1.807, 2.05) is 6.92 Å². The maximum atomic E-state index is 10.5. The van der Waals surface area contributed by atoms with Crippen molar-refractivity contribution in [3.8, 4) is 0 Å². The highest BCUT2D eigenvalue weighted by Gasteiger charge is 1.71. The van der Waals surface area contributed by atoms with Gasteiger partial charge in [-0.05, 0) is 6.92 Å². The van der Waals surface area contributed by atoms with Gasteiger partial charge in [0.05, 0.1) is 0 Å². The quantitative estimate of drug-likeness (QED) is 0.347. The molecule has 0 radical (unpaired) electrons. The Bertz CT molecular complexity index is 199. The van der Waals surface area contributed by atoms with Crippen molar-refractivity contribution < 1.29 is 4.21 Å². The first-order valence-corrected chi connectivity index (χ1v) is 3.72. The second-order valence-corrected chi connectivity index (χ2v) is 2.47. The fraction of sp³-hybridized carbons (Fsp3) is 0.167. The van der Waals surface area contributed by atoms with Gasteiger partial charge in [-0.2, -0.15) is 0 Å². The average molecular weight is 144 g/mol. The third kappa shape index (κ3) is 3.11. The van der Waals surface area contributed by atoms with E-state index in [1.165, 1.54) is 6.08 Å². The van der Waals surface area contributed by atoms with Crippen LogP contribution in [0.1, 0.15) is 6.92 Å². The lowest BCUT2D eigenvalue weighted by Crippen LogP contribution is -2.01. The van der Waals surface area contributed by atoms with Crippen LogP contribution < -0.4 is 5.14 Å². The largest absolute Gasteiger partial charge is 0.447 e. The van der Waals surface area contributed by atoms with E-state index in [-0.39, 0.29) is 0 Å². The van der Waals surface area contributed by atoms with Crippen molar-refractivity contribution in [3.05, 3.63) is 24.8 Å². The van der Waals surface area contributed by atoms with Crippen molar-refractivity contribution >= 4 is 15.4 Å². The first-order chi connectivity index (χ1) is 4.22. The van der Waals surface area contributed by atoms with Crippen LogP contribution in [0.3, 0.4) is 0 Å². The third-order valence-electron chi connectivity index (χ3n) is 0.764. The van der Waals surface area contributed by atoms with Crippen LogP contribution in [0.15, 0.2) is 24.8 Å². The molecule has 3 heteroatoms. The summed E-state index contributed by atoms with van der Waals surface area (Å²) in [5, 5.41) is 5.05. The van der Waals surface area contributed by atoms with Crippen LogP contribution >= 0.6 is 0 Å². The highest BCUT2D eigenvalue weighted by atomic mass is 32.2. The monoisotopic (exact) mass is 144 g/mol. The predicted octanol–water partition coefficient (Wildman–Crippen LogP) is 0.758. The van der Waals surface area contributed by atoms with Gasteiger partial charge in [-0.25, -0.2) is 10.6 Å². The zero-order valence-corrected chi connectivity index (χ0v) is 6.15. The van der Waals surface area contributed by atoms with Crippen LogP contribution in [-0.2, 0) is 14.8 Å². The summed E-state index contributed by atoms with van der Waals surface area (Å²) in [4.78, 5) is 0.553. The van der Waals surface area contributed by atoms with Gasteiger partial charge >= 0.3 is 0 Å². The molecule has 0 aromatic carbocycles. The number of allylic oxidation sites excluding steroid dienone is 3. The summed E-state index contributed by atoms with van der Waals surface area (Å²) in [5.74, 6) is 0. The minimum Gasteiger partial charge on any atom is -0.447 e. The molecule has 0 bridgehead atoms. The molecule has 0 saturated carbocycles. The molecule has 0 saturated heterocycles. The topological polar surface area (TPSA) is 43.1 Å². The minimum atomic E-state index is -1.39. The molecule has 9 heavy (non-hydrogen) atoms. The van der Waals surface area contributed by atoms with Crippen LogP contribution in [0.2, 0.25) is 0 Å². The van der Waals surface area contributed by atoms with Gasteiger partial charge in [0.2, 0.25) is 0 Å². The lowest BCUT2D eigenvalue weighted by molar-refractivity contribution is 0.604. The number of hydrogen-bond acceptors (Lipinski definition) is 2. The predicted molar refractivity (Wildman–Crippen MR) is 42.3 cm³/mol. The van der Waals surface area contributed by atoms with E-state index in [1.54, 1.807) is 12.2 Å². The molecular weight excluding hydrogens is 134 g/mol. The van der Waals surface area contributed by atoms with E-state index in [9.17, 15) is 4.21 Å². The van der Waals surface area contributed by atoms with Crippen molar-refractivity contribution in [3.63, 3.8) is 0 Å². The molecule has 52 valence electrons. The molecule has 0 aromatic rings. The summed E-state index contributed by atoms with van der Waals surface area (Å²) >= 11 is 0. The second kappa shape index (κ2) is 4.35. The summed E-state index contributed by atoms with van der Waals surface area (Å²) in [5.41, 5.74) is 0. The maximum Gasteiger partial charge on any atom is -0.0467 e. The molecule has 0 fully saturated rings. The van der Waals surface area contributed by atoms with Gasteiger partial charge in [-0.1, -0.05) is 18.2 Å². The number of rotatable bonds is 2. The maximum absolute atomic E-state index is 10.5. The SMILES string of the molecule is C=CC(/C=C\C)=[S-](N)=O. The van der Waals surface area contributed by atoms with Gasteiger partial charge in [0.25, 0.3) is 0 Å². The molecule has 0 aromatic heterocycles. The van der Waals surface area contributed by atoms with Crippen molar-refractivity contribution in [2.24, 2.45) is 5.14 Å². The van der Waals surface area contributed by atoms with Gasteiger partial charge in [-0.3, -0.25) is 0 Å². The van der Waals surface area contributed by atoms with Crippen LogP contribution in [0.25, 0.3) is 0 Å². The molecule has 0 amide bonds. The highest BCUT2D eigenvalue weighted by Crippen LogP contribution is 1.79. The molecule has 2 N–H and O–H groups in total. The fourth-order valence-electron chi connectivity index (χ4n) is 0.382. The number of nitrogens with two attached hydrogens (primary N) is 1. The Kier molecular flexibility index (Phi) is 4.09. The molecule has 0 spiro atoms. The van der Waals surface area contributed by atoms with Gasteiger partial charge in [-0.15, -0.1) is 11.4 Å². The van der Waals surface area contributed by atoms with Crippen LogP contribution in [0.5, 0.6) is 0 Å². The summed E-state index contributed by atoms with van der Waals surface area (Å²) in [6.07, 6.45) is 4.92. The highest BCUT2D eigenvalue weighted by molar-refractivity contribution is 7.83. The molecule has 2 nitrogen and oxygen atoms in total. The van der Waals surface area contributed by atoms with E-state index < -0.39 is 10.6 Å². The Morgan fingerprint density at radius 2 is 2.33 bits per heavy atom. The zero-order chi connectivity index (χ0) is 7.28. The molecule has 0 heterocycles. The Balaban J connectivity index is 4.56. The average Bonchev–Trinajstić information content (AvgIpc) is 1.82. The lowest BCUT2D eigenvalue weighted by Gasteiger charge is -1.98. The molecule has 0 aliphatic carbocycles. The standard InChI is InChI=1S/C6H10NOS/c1-3-5-6(4-2)9(7)8/h3-5H,2H2,1H3,(H2,7,8)/q-1/b5-3-. The fourth-order valence-corrected chi connectivity index (χ4v) is 0.816. The molecule has 0 unspecified atom stereocenters. The Hall–Kier alpha value is -0.540. The first-order valence-electron chi connectivity index (χ1n) is 2.50. The second-order valence-electron chi connectivity index (χ2n) is 1.40. The Morgan fingerprint density at radius 3 is 2.44 bits per heavy atom. The van der Waals surface area contributed by atoms with Crippen molar-refractivity contribution in [2.75, 3.05) is 0 Å². The lowest BCUT2D eigenvalue weighted by atomic mass is 10.4.